The molecule has 0 aliphatic carbocycles. The van der Waals surface area contributed by atoms with E-state index in [1.807, 2.05) is 0 Å². The van der Waals surface area contributed by atoms with Gasteiger partial charge in [0.15, 0.2) is 0 Å². The Kier molecular flexibility index (Phi) is 2.87. The maximum Gasteiger partial charge on any atom is 0.349 e. The van der Waals surface area contributed by atoms with E-state index in [0.29, 0.717) is 15.4 Å². The van der Waals surface area contributed by atoms with E-state index < -0.39 is 5.97 Å². The molecule has 5 heteroatoms. The quantitative estimate of drug-likeness (QED) is 0.811. The van der Waals surface area contributed by atoms with Crippen LogP contribution in [0, 0.1) is 0 Å². The summed E-state index contributed by atoms with van der Waals surface area (Å²) < 4.78 is 4.58. The van der Waals surface area contributed by atoms with Crippen molar-refractivity contribution in [1.29, 1.82) is 0 Å². The first-order valence-corrected chi connectivity index (χ1v) is 5.36. The fraction of sp³-hybridized carbons (Fsp3) is 0.0909. The van der Waals surface area contributed by atoms with Crippen molar-refractivity contribution < 1.29 is 14.6 Å². The lowest BCUT2D eigenvalue weighted by molar-refractivity contribution is 0.0606. The van der Waals surface area contributed by atoms with Crippen molar-refractivity contribution in [1.82, 2.24) is 4.98 Å². The van der Waals surface area contributed by atoms with Crippen LogP contribution in [0.3, 0.4) is 0 Å². The number of carbonyl (C=O) groups is 1. The van der Waals surface area contributed by atoms with Crippen LogP contribution in [-0.2, 0) is 4.74 Å². The number of rotatable bonds is 2. The van der Waals surface area contributed by atoms with Gasteiger partial charge in [0.25, 0.3) is 0 Å². The molecule has 1 N–H and O–H groups in total. The Morgan fingerprint density at radius 3 is 2.88 bits per heavy atom. The third-order valence-corrected chi connectivity index (χ3v) is 3.04. The molecule has 2 rings (SSSR count). The largest absolute Gasteiger partial charge is 0.507 e. The fourth-order valence-corrected chi connectivity index (χ4v) is 2.12. The molecule has 4 nitrogen and oxygen atoms in total. The number of hydrogen-bond acceptors (Lipinski definition) is 5. The van der Waals surface area contributed by atoms with Crippen molar-refractivity contribution in [2.75, 3.05) is 7.11 Å². The number of thiazole rings is 1. The molecule has 0 aliphatic rings. The van der Waals surface area contributed by atoms with Gasteiger partial charge in [-0.1, -0.05) is 12.1 Å². The normalized spacial score (nSPS) is 10.1. The first-order valence-electron chi connectivity index (χ1n) is 4.55. The lowest BCUT2D eigenvalue weighted by Gasteiger charge is -1.98. The molecule has 0 radical (unpaired) electrons. The molecule has 1 aromatic carbocycles. The van der Waals surface area contributed by atoms with E-state index in [2.05, 4.69) is 9.72 Å². The highest BCUT2D eigenvalue weighted by molar-refractivity contribution is 7.16. The molecule has 0 amide bonds. The molecule has 0 saturated carbocycles. The van der Waals surface area contributed by atoms with Crippen LogP contribution in [0.15, 0.2) is 30.5 Å². The van der Waals surface area contributed by atoms with Crippen LogP contribution >= 0.6 is 11.3 Å². The van der Waals surface area contributed by atoms with Crippen LogP contribution in [0.5, 0.6) is 5.75 Å². The summed E-state index contributed by atoms with van der Waals surface area (Å²) in [7, 11) is 1.32. The molecular weight excluding hydrogens is 226 g/mol. The number of aromatic nitrogens is 1. The standard InChI is InChI=1S/C11H9NO3S/c1-15-11(14)9-6-12-10(16-9)7-4-2-3-5-8(7)13/h2-6,13H,1H3. The second-order valence-corrected chi connectivity index (χ2v) is 4.07. The van der Waals surface area contributed by atoms with E-state index in [0.717, 1.165) is 0 Å². The molecule has 0 saturated heterocycles. The number of phenols is 1. The predicted octanol–water partition coefficient (Wildman–Crippen LogP) is 2.30. The molecule has 0 bridgehead atoms. The number of carbonyl (C=O) groups excluding carboxylic acids is 1. The summed E-state index contributed by atoms with van der Waals surface area (Å²) in [6.07, 6.45) is 1.44. The highest BCUT2D eigenvalue weighted by Crippen LogP contribution is 2.31. The third-order valence-electron chi connectivity index (χ3n) is 2.03. The number of phenolic OH excluding ortho intramolecular Hbond substituents is 1. The van der Waals surface area contributed by atoms with Gasteiger partial charge >= 0.3 is 5.97 Å². The van der Waals surface area contributed by atoms with E-state index in [9.17, 15) is 9.90 Å². The first-order chi connectivity index (χ1) is 7.72. The van der Waals surface area contributed by atoms with E-state index >= 15 is 0 Å². The number of ether oxygens (including phenoxy) is 1. The minimum Gasteiger partial charge on any atom is -0.507 e. The first kappa shape index (κ1) is 10.6. The summed E-state index contributed by atoms with van der Waals surface area (Å²) in [5, 5.41) is 10.2. The van der Waals surface area contributed by atoms with E-state index in [1.54, 1.807) is 24.3 Å². The van der Waals surface area contributed by atoms with Gasteiger partial charge in [0.2, 0.25) is 0 Å². The van der Waals surface area contributed by atoms with Crippen molar-refractivity contribution >= 4 is 17.3 Å². The molecule has 16 heavy (non-hydrogen) atoms. The second kappa shape index (κ2) is 4.32. The van der Waals surface area contributed by atoms with Crippen LogP contribution in [0.1, 0.15) is 9.67 Å². The Balaban J connectivity index is 2.39. The van der Waals surface area contributed by atoms with Crippen LogP contribution < -0.4 is 0 Å². The molecule has 0 atom stereocenters. The molecule has 0 unspecified atom stereocenters. The van der Waals surface area contributed by atoms with Gasteiger partial charge < -0.3 is 9.84 Å². The van der Waals surface area contributed by atoms with Gasteiger partial charge in [-0.15, -0.1) is 11.3 Å². The summed E-state index contributed by atoms with van der Waals surface area (Å²) in [5.74, 6) is -0.271. The average molecular weight is 235 g/mol. The zero-order chi connectivity index (χ0) is 11.5. The third kappa shape index (κ3) is 1.90. The molecule has 0 aliphatic heterocycles. The van der Waals surface area contributed by atoms with E-state index in [1.165, 1.54) is 24.6 Å². The summed E-state index contributed by atoms with van der Waals surface area (Å²) in [6, 6.07) is 6.85. The second-order valence-electron chi connectivity index (χ2n) is 3.04. The van der Waals surface area contributed by atoms with Crippen molar-refractivity contribution in [3.8, 4) is 16.3 Å². The molecule has 0 fully saturated rings. The molecule has 2 aromatic rings. The number of esters is 1. The zero-order valence-electron chi connectivity index (χ0n) is 8.51. The van der Waals surface area contributed by atoms with E-state index in [-0.39, 0.29) is 5.75 Å². The van der Waals surface area contributed by atoms with Crippen LogP contribution in [-0.4, -0.2) is 23.2 Å². The smallest absolute Gasteiger partial charge is 0.349 e. The predicted molar refractivity (Wildman–Crippen MR) is 60.6 cm³/mol. The minimum absolute atomic E-state index is 0.147. The van der Waals surface area contributed by atoms with Gasteiger partial charge in [0.1, 0.15) is 15.6 Å². The van der Waals surface area contributed by atoms with Crippen LogP contribution in [0.2, 0.25) is 0 Å². The number of nitrogens with zero attached hydrogens (tertiary/aromatic N) is 1. The Hall–Kier alpha value is -1.88. The van der Waals surface area contributed by atoms with E-state index in [4.69, 9.17) is 0 Å². The molecular formula is C11H9NO3S. The average Bonchev–Trinajstić information content (AvgIpc) is 2.78. The van der Waals surface area contributed by atoms with Crippen molar-refractivity contribution in [3.05, 3.63) is 35.3 Å². The van der Waals surface area contributed by atoms with Gasteiger partial charge in [0.05, 0.1) is 18.9 Å². The van der Waals surface area contributed by atoms with Gasteiger partial charge in [0, 0.05) is 0 Å². The number of methoxy groups -OCH3 is 1. The lowest BCUT2D eigenvalue weighted by atomic mass is 10.2. The molecule has 82 valence electrons. The van der Waals surface area contributed by atoms with Crippen LogP contribution in [0.25, 0.3) is 10.6 Å². The highest BCUT2D eigenvalue weighted by atomic mass is 32.1. The summed E-state index contributed by atoms with van der Waals surface area (Å²) in [6.45, 7) is 0. The number of hydrogen-bond donors (Lipinski definition) is 1. The van der Waals surface area contributed by atoms with Gasteiger partial charge in [-0.2, -0.15) is 0 Å². The van der Waals surface area contributed by atoms with Gasteiger partial charge in [-0.25, -0.2) is 9.78 Å². The Bertz CT molecular complexity index is 521. The SMILES string of the molecule is COC(=O)c1cnc(-c2ccccc2O)s1. The number of aromatic hydroxyl groups is 1. The van der Waals surface area contributed by atoms with Crippen molar-refractivity contribution in [2.45, 2.75) is 0 Å². The highest BCUT2D eigenvalue weighted by Gasteiger charge is 2.13. The minimum atomic E-state index is -0.417. The fourth-order valence-electron chi connectivity index (χ4n) is 1.25. The molecule has 0 spiro atoms. The Morgan fingerprint density at radius 1 is 1.44 bits per heavy atom. The maximum absolute atomic E-state index is 11.2. The van der Waals surface area contributed by atoms with Crippen LogP contribution in [0.4, 0.5) is 0 Å². The summed E-state index contributed by atoms with van der Waals surface area (Å²) in [5.41, 5.74) is 0.614. The van der Waals surface area contributed by atoms with Crippen molar-refractivity contribution in [2.24, 2.45) is 0 Å². The Morgan fingerprint density at radius 2 is 2.19 bits per heavy atom. The maximum atomic E-state index is 11.2. The topological polar surface area (TPSA) is 59.4 Å². The van der Waals surface area contributed by atoms with Gasteiger partial charge in [-0.05, 0) is 12.1 Å². The monoisotopic (exact) mass is 235 g/mol. The Labute approximate surface area is 96.1 Å². The number of benzene rings is 1. The lowest BCUT2D eigenvalue weighted by Crippen LogP contribution is -1.96. The molecule has 1 aromatic heterocycles. The summed E-state index contributed by atoms with van der Waals surface area (Å²) in [4.78, 5) is 15.7. The van der Waals surface area contributed by atoms with Crippen molar-refractivity contribution in [3.63, 3.8) is 0 Å². The zero-order valence-corrected chi connectivity index (χ0v) is 9.32. The summed E-state index contributed by atoms with van der Waals surface area (Å²) >= 11 is 1.19. The molecule has 1 heterocycles. The van der Waals surface area contributed by atoms with Gasteiger partial charge in [-0.3, -0.25) is 0 Å². The number of para-hydroxylation sites is 1.